The van der Waals surface area contributed by atoms with Crippen molar-refractivity contribution in [2.24, 2.45) is 7.05 Å². The first kappa shape index (κ1) is 19.1. The maximum Gasteiger partial charge on any atom is 0.256 e. The first-order valence-electron chi connectivity index (χ1n) is 8.69. The number of nitriles is 1. The number of hydrogen-bond donors (Lipinski definition) is 1. The van der Waals surface area contributed by atoms with Gasteiger partial charge in [0, 0.05) is 25.7 Å². The quantitative estimate of drug-likeness (QED) is 0.863. The van der Waals surface area contributed by atoms with Crippen molar-refractivity contribution in [3.63, 3.8) is 0 Å². The number of sulfonamides is 1. The van der Waals surface area contributed by atoms with Gasteiger partial charge in [0.05, 0.1) is 11.1 Å². The maximum absolute atomic E-state index is 13.0. The fourth-order valence-corrected chi connectivity index (χ4v) is 4.88. The van der Waals surface area contributed by atoms with Crippen LogP contribution in [0.4, 0.5) is 5.82 Å². The van der Waals surface area contributed by atoms with Crippen molar-refractivity contribution in [3.8, 4) is 6.07 Å². The van der Waals surface area contributed by atoms with E-state index in [2.05, 4.69) is 10.4 Å². The highest BCUT2D eigenvalue weighted by Crippen LogP contribution is 2.25. The molecule has 2 aromatic rings. The predicted molar refractivity (Wildman–Crippen MR) is 99.7 cm³/mol. The summed E-state index contributed by atoms with van der Waals surface area (Å²) in [5.74, 6) is -0.228. The largest absolute Gasteiger partial charge is 0.306 e. The summed E-state index contributed by atoms with van der Waals surface area (Å²) in [4.78, 5) is 12.8. The summed E-state index contributed by atoms with van der Waals surface area (Å²) in [7, 11) is -2.04. The number of carbonyl (C=O) groups is 1. The van der Waals surface area contributed by atoms with E-state index >= 15 is 0 Å². The third kappa shape index (κ3) is 3.72. The molecule has 142 valence electrons. The van der Waals surface area contributed by atoms with Gasteiger partial charge in [0.1, 0.15) is 17.5 Å². The van der Waals surface area contributed by atoms with E-state index in [4.69, 9.17) is 5.26 Å². The van der Waals surface area contributed by atoms with Gasteiger partial charge >= 0.3 is 0 Å². The minimum absolute atomic E-state index is 0.141. The third-order valence-electron chi connectivity index (χ3n) is 4.67. The van der Waals surface area contributed by atoms with E-state index in [0.29, 0.717) is 18.7 Å². The molecule has 0 unspecified atom stereocenters. The molecule has 3 rings (SSSR count). The van der Waals surface area contributed by atoms with Gasteiger partial charge < -0.3 is 5.32 Å². The molecule has 9 heteroatoms. The number of carbonyl (C=O) groups excluding carboxylic acids is 1. The Hall–Kier alpha value is -2.70. The van der Waals surface area contributed by atoms with Crippen LogP contribution < -0.4 is 5.32 Å². The smallest absolute Gasteiger partial charge is 0.256 e. The lowest BCUT2D eigenvalue weighted by Crippen LogP contribution is -2.36. The Morgan fingerprint density at radius 1 is 1.26 bits per heavy atom. The van der Waals surface area contributed by atoms with Gasteiger partial charge in [0.2, 0.25) is 10.0 Å². The van der Waals surface area contributed by atoms with Gasteiger partial charge in [-0.25, -0.2) is 8.42 Å². The molecular weight excluding hydrogens is 366 g/mol. The zero-order chi connectivity index (χ0) is 19.6. The van der Waals surface area contributed by atoms with Crippen LogP contribution in [-0.2, 0) is 17.1 Å². The molecule has 1 aromatic carbocycles. The average molecular weight is 387 g/mol. The molecule has 0 atom stereocenters. The van der Waals surface area contributed by atoms with Gasteiger partial charge in [0.15, 0.2) is 0 Å². The van der Waals surface area contributed by atoms with E-state index in [1.54, 1.807) is 26.1 Å². The lowest BCUT2D eigenvalue weighted by molar-refractivity contribution is 0.102. The molecule has 1 aliphatic heterocycles. The molecule has 0 saturated carbocycles. The van der Waals surface area contributed by atoms with Crippen molar-refractivity contribution in [1.82, 2.24) is 14.1 Å². The molecule has 0 spiro atoms. The third-order valence-corrected chi connectivity index (χ3v) is 6.71. The zero-order valence-electron chi connectivity index (χ0n) is 15.3. The lowest BCUT2D eigenvalue weighted by atomic mass is 10.1. The van der Waals surface area contributed by atoms with Crippen molar-refractivity contribution < 1.29 is 13.2 Å². The number of rotatable bonds is 4. The highest BCUT2D eigenvalue weighted by Gasteiger charge is 2.28. The first-order chi connectivity index (χ1) is 12.8. The summed E-state index contributed by atoms with van der Waals surface area (Å²) >= 11 is 0. The second-order valence-electron chi connectivity index (χ2n) is 6.54. The number of aryl methyl sites for hydroxylation is 2. The van der Waals surface area contributed by atoms with E-state index in [9.17, 15) is 13.2 Å². The summed E-state index contributed by atoms with van der Waals surface area (Å²) in [5.41, 5.74) is 1.04. The Labute approximate surface area is 158 Å². The molecular formula is C18H21N5O3S. The molecule has 1 N–H and O–H groups in total. The molecule has 1 amide bonds. The van der Waals surface area contributed by atoms with Gasteiger partial charge in [-0.05, 0) is 37.5 Å². The Kier molecular flexibility index (Phi) is 5.30. The second kappa shape index (κ2) is 7.50. The van der Waals surface area contributed by atoms with Gasteiger partial charge in [-0.2, -0.15) is 14.7 Å². The van der Waals surface area contributed by atoms with E-state index < -0.39 is 15.9 Å². The van der Waals surface area contributed by atoms with Crippen molar-refractivity contribution in [3.05, 3.63) is 41.1 Å². The molecule has 0 aliphatic carbocycles. The molecule has 1 saturated heterocycles. The average Bonchev–Trinajstić information content (AvgIpc) is 3.02. The summed E-state index contributed by atoms with van der Waals surface area (Å²) in [6.45, 7) is 2.71. The summed E-state index contributed by atoms with van der Waals surface area (Å²) in [6.07, 6.45) is 4.07. The Morgan fingerprint density at radius 2 is 1.96 bits per heavy atom. The van der Waals surface area contributed by atoms with E-state index in [1.165, 1.54) is 21.3 Å². The van der Waals surface area contributed by atoms with Crippen LogP contribution in [0.5, 0.6) is 0 Å². The molecule has 2 heterocycles. The monoisotopic (exact) mass is 387 g/mol. The number of hydrogen-bond acceptors (Lipinski definition) is 5. The number of nitrogens with one attached hydrogen (secondary N) is 1. The Morgan fingerprint density at radius 3 is 2.63 bits per heavy atom. The van der Waals surface area contributed by atoms with Crippen LogP contribution in [0.15, 0.2) is 29.3 Å². The number of nitrogens with zero attached hydrogens (tertiary/aromatic N) is 4. The van der Waals surface area contributed by atoms with Crippen LogP contribution in [-0.4, -0.2) is 41.5 Å². The van der Waals surface area contributed by atoms with E-state index in [-0.39, 0.29) is 21.8 Å². The molecule has 1 aromatic heterocycles. The van der Waals surface area contributed by atoms with E-state index in [1.807, 2.05) is 6.07 Å². The van der Waals surface area contributed by atoms with Crippen molar-refractivity contribution in [1.29, 1.82) is 5.26 Å². The number of benzene rings is 1. The molecule has 0 radical (unpaired) electrons. The predicted octanol–water partition coefficient (Wildman–Crippen LogP) is 2.03. The van der Waals surface area contributed by atoms with Gasteiger partial charge in [-0.1, -0.05) is 12.5 Å². The molecule has 0 bridgehead atoms. The standard InChI is InChI=1S/C18H21N5O3S/c1-13-6-7-14(18(24)21-17-15(11-19)12-20-22(17)2)10-16(13)27(25,26)23-8-4-3-5-9-23/h6-7,10,12H,3-5,8-9H2,1-2H3,(H,21,24). The van der Waals surface area contributed by atoms with Crippen molar-refractivity contribution >= 4 is 21.7 Å². The maximum atomic E-state index is 13.0. The number of anilines is 1. The van der Waals surface area contributed by atoms with E-state index in [0.717, 1.165) is 19.3 Å². The van der Waals surface area contributed by atoms with Gasteiger partial charge in [-0.3, -0.25) is 9.48 Å². The summed E-state index contributed by atoms with van der Waals surface area (Å²) < 4.78 is 28.8. The number of amides is 1. The molecule has 1 fully saturated rings. The fourth-order valence-electron chi connectivity index (χ4n) is 3.11. The van der Waals surface area contributed by atoms with Crippen LogP contribution >= 0.6 is 0 Å². The topological polar surface area (TPSA) is 108 Å². The summed E-state index contributed by atoms with van der Waals surface area (Å²) in [5, 5.41) is 15.7. The SMILES string of the molecule is Cc1ccc(C(=O)Nc2c(C#N)cnn2C)cc1S(=O)(=O)N1CCCCC1. The summed E-state index contributed by atoms with van der Waals surface area (Å²) in [6, 6.07) is 6.56. The zero-order valence-corrected chi connectivity index (χ0v) is 16.1. The van der Waals surface area contributed by atoms with Crippen molar-refractivity contribution in [2.75, 3.05) is 18.4 Å². The molecule has 8 nitrogen and oxygen atoms in total. The number of piperidine rings is 1. The molecule has 27 heavy (non-hydrogen) atoms. The first-order valence-corrected chi connectivity index (χ1v) is 10.1. The van der Waals surface area contributed by atoms with Crippen LogP contribution in [0, 0.1) is 18.3 Å². The fraction of sp³-hybridized carbons (Fsp3) is 0.389. The van der Waals surface area contributed by atoms with Crippen LogP contribution in [0.2, 0.25) is 0 Å². The lowest BCUT2D eigenvalue weighted by Gasteiger charge is -2.26. The molecule has 1 aliphatic rings. The van der Waals surface area contributed by atoms with Crippen molar-refractivity contribution in [2.45, 2.75) is 31.1 Å². The minimum Gasteiger partial charge on any atom is -0.306 e. The highest BCUT2D eigenvalue weighted by molar-refractivity contribution is 7.89. The highest BCUT2D eigenvalue weighted by atomic mass is 32.2. The Balaban J connectivity index is 1.92. The number of aromatic nitrogens is 2. The van der Waals surface area contributed by atoms with Gasteiger partial charge in [0.25, 0.3) is 5.91 Å². The van der Waals surface area contributed by atoms with Crippen LogP contribution in [0.3, 0.4) is 0 Å². The second-order valence-corrected chi connectivity index (χ2v) is 8.45. The van der Waals surface area contributed by atoms with Crippen LogP contribution in [0.1, 0.15) is 40.7 Å². The normalized spacial score (nSPS) is 15.3. The van der Waals surface area contributed by atoms with Gasteiger partial charge in [-0.15, -0.1) is 0 Å². The van der Waals surface area contributed by atoms with Crippen LogP contribution in [0.25, 0.3) is 0 Å². The minimum atomic E-state index is -3.65. The Bertz CT molecular complexity index is 1010.